The number of carbonyl (C=O) groups is 2. The van der Waals surface area contributed by atoms with Crippen LogP contribution < -0.4 is 15.5 Å². The van der Waals surface area contributed by atoms with Crippen molar-refractivity contribution in [2.24, 2.45) is 0 Å². The van der Waals surface area contributed by atoms with Crippen molar-refractivity contribution in [3.05, 3.63) is 53.4 Å². The molecule has 1 aromatic carbocycles. The summed E-state index contributed by atoms with van der Waals surface area (Å²) in [5.74, 6) is 0.275. The molecule has 3 aromatic heterocycles. The van der Waals surface area contributed by atoms with Crippen molar-refractivity contribution in [1.82, 2.24) is 30.2 Å². The lowest BCUT2D eigenvalue weighted by molar-refractivity contribution is -0.123. The topological polar surface area (TPSA) is 105 Å². The second-order valence-electron chi connectivity index (χ2n) is 8.42. The molecule has 1 spiro atoms. The van der Waals surface area contributed by atoms with Gasteiger partial charge in [0.1, 0.15) is 10.6 Å². The highest BCUT2D eigenvalue weighted by atomic mass is 35.5. The Morgan fingerprint density at radius 2 is 2.06 bits per heavy atom. The van der Waals surface area contributed by atoms with Crippen LogP contribution in [0.15, 0.2) is 42.7 Å². The first-order valence-corrected chi connectivity index (χ1v) is 11.2. The summed E-state index contributed by atoms with van der Waals surface area (Å²) < 4.78 is 1.77. The van der Waals surface area contributed by atoms with Crippen LogP contribution >= 0.6 is 11.6 Å². The lowest BCUT2D eigenvalue weighted by Crippen LogP contribution is -2.49. The Kier molecular flexibility index (Phi) is 4.31. The molecule has 5 heterocycles. The number of para-hydroxylation sites is 1. The first kappa shape index (κ1) is 19.9. The van der Waals surface area contributed by atoms with Crippen LogP contribution in [-0.2, 0) is 11.2 Å². The summed E-state index contributed by atoms with van der Waals surface area (Å²) in [5, 5.41) is 11.2. The van der Waals surface area contributed by atoms with Gasteiger partial charge >= 0.3 is 6.03 Å². The van der Waals surface area contributed by atoms with E-state index in [1.165, 1.54) is 0 Å². The number of benzene rings is 1. The zero-order valence-corrected chi connectivity index (χ0v) is 18.6. The molecule has 4 aromatic rings. The number of fused-ring (bicyclic) bond motifs is 2. The van der Waals surface area contributed by atoms with Crippen LogP contribution in [0.4, 0.5) is 10.6 Å². The van der Waals surface area contributed by atoms with E-state index in [1.54, 1.807) is 10.7 Å². The molecule has 0 bridgehead atoms. The van der Waals surface area contributed by atoms with E-state index in [9.17, 15) is 9.59 Å². The van der Waals surface area contributed by atoms with Gasteiger partial charge in [0.25, 0.3) is 5.91 Å². The maximum atomic E-state index is 12.4. The summed E-state index contributed by atoms with van der Waals surface area (Å²) in [4.78, 5) is 35.6. The molecule has 9 nitrogen and oxygen atoms in total. The third-order valence-corrected chi connectivity index (χ3v) is 6.87. The van der Waals surface area contributed by atoms with Gasteiger partial charge in [0.2, 0.25) is 0 Å². The zero-order valence-electron chi connectivity index (χ0n) is 17.8. The van der Waals surface area contributed by atoms with E-state index >= 15 is 0 Å². The molecule has 33 heavy (non-hydrogen) atoms. The van der Waals surface area contributed by atoms with Gasteiger partial charge in [-0.2, -0.15) is 5.10 Å². The van der Waals surface area contributed by atoms with Gasteiger partial charge in [0.05, 0.1) is 24.0 Å². The average Bonchev–Trinajstić information content (AvgIpc) is 3.50. The van der Waals surface area contributed by atoms with Crippen molar-refractivity contribution >= 4 is 45.9 Å². The number of aromatic nitrogens is 4. The molecular weight excluding hydrogens is 442 g/mol. The number of nitrogens with one attached hydrogen (secondary N) is 2. The van der Waals surface area contributed by atoms with Crippen molar-refractivity contribution in [2.45, 2.75) is 25.3 Å². The predicted octanol–water partition coefficient (Wildman–Crippen LogP) is 2.95. The van der Waals surface area contributed by atoms with Crippen molar-refractivity contribution < 1.29 is 9.59 Å². The molecule has 1 atom stereocenters. The van der Waals surface area contributed by atoms with Gasteiger partial charge in [0, 0.05) is 29.3 Å². The van der Waals surface area contributed by atoms with Gasteiger partial charge in [-0.05, 0) is 25.0 Å². The van der Waals surface area contributed by atoms with Crippen LogP contribution in [0.25, 0.3) is 27.7 Å². The summed E-state index contributed by atoms with van der Waals surface area (Å²) in [7, 11) is 0. The molecule has 6 rings (SSSR count). The second kappa shape index (κ2) is 7.14. The quantitative estimate of drug-likeness (QED) is 0.454. The van der Waals surface area contributed by atoms with Gasteiger partial charge < -0.3 is 10.2 Å². The number of carbonyl (C=O) groups excluding carboxylic acids is 2. The standard InChI is InChI=1S/C23H20ClN7O2/c1-2-17-18(24)20(30-8-7-23(12-30)21(32)28-22(33)29-23)27-19-15(11-26-31(17)19)14-9-13-5-3-4-6-16(13)25-10-14/h3-6,9-11H,2,7-8,12H2,1H3,(H2,28,29,32,33). The third kappa shape index (κ3) is 2.96. The van der Waals surface area contributed by atoms with E-state index in [1.807, 2.05) is 42.3 Å². The highest BCUT2D eigenvalue weighted by Crippen LogP contribution is 2.36. The summed E-state index contributed by atoms with van der Waals surface area (Å²) in [6.07, 6.45) is 4.74. The van der Waals surface area contributed by atoms with Crippen molar-refractivity contribution in [3.8, 4) is 11.1 Å². The number of rotatable bonds is 3. The minimum atomic E-state index is -0.952. The number of aryl methyl sites for hydroxylation is 1. The Morgan fingerprint density at radius 3 is 2.85 bits per heavy atom. The highest BCUT2D eigenvalue weighted by molar-refractivity contribution is 6.33. The number of hydrogen-bond acceptors (Lipinski definition) is 6. The van der Waals surface area contributed by atoms with Crippen LogP contribution in [0.1, 0.15) is 19.0 Å². The van der Waals surface area contributed by atoms with Crippen LogP contribution in [-0.4, -0.2) is 50.1 Å². The highest BCUT2D eigenvalue weighted by Gasteiger charge is 2.51. The fraction of sp³-hybridized carbons (Fsp3) is 0.261. The Bertz CT molecular complexity index is 1470. The fourth-order valence-corrected chi connectivity index (χ4v) is 5.14. The molecule has 2 fully saturated rings. The molecule has 0 saturated carbocycles. The molecule has 3 amide bonds. The number of urea groups is 1. The SMILES string of the molecule is CCc1c(Cl)c(N2CCC3(C2)NC(=O)NC3=O)nc2c(-c3cnc4ccccc4c3)cnn12. The third-order valence-electron chi connectivity index (χ3n) is 6.48. The van der Waals surface area contributed by atoms with Crippen LogP contribution in [0, 0.1) is 0 Å². The Hall–Kier alpha value is -3.72. The molecular formula is C23H20ClN7O2. The van der Waals surface area contributed by atoms with Gasteiger partial charge in [-0.1, -0.05) is 36.7 Å². The Morgan fingerprint density at radius 1 is 1.21 bits per heavy atom. The maximum absolute atomic E-state index is 12.4. The van der Waals surface area contributed by atoms with Crippen molar-refractivity contribution in [2.75, 3.05) is 18.0 Å². The summed E-state index contributed by atoms with van der Waals surface area (Å²) in [6.45, 7) is 2.86. The number of imide groups is 1. The normalized spacial score (nSPS) is 20.2. The number of nitrogens with zero attached hydrogens (tertiary/aromatic N) is 5. The van der Waals surface area contributed by atoms with Crippen LogP contribution in [0.2, 0.25) is 5.02 Å². The maximum Gasteiger partial charge on any atom is 0.322 e. The zero-order chi connectivity index (χ0) is 22.7. The number of amides is 3. The first-order valence-electron chi connectivity index (χ1n) is 10.8. The van der Waals surface area contributed by atoms with Crippen LogP contribution in [0.3, 0.4) is 0 Å². The summed E-state index contributed by atoms with van der Waals surface area (Å²) >= 11 is 6.80. The summed E-state index contributed by atoms with van der Waals surface area (Å²) in [6, 6.07) is 9.55. The van der Waals surface area contributed by atoms with Gasteiger partial charge in [-0.15, -0.1) is 0 Å². The number of pyridine rings is 1. The van der Waals surface area contributed by atoms with E-state index in [0.29, 0.717) is 42.4 Å². The fourth-order valence-electron chi connectivity index (χ4n) is 4.76. The van der Waals surface area contributed by atoms with Gasteiger partial charge in [0.15, 0.2) is 11.5 Å². The first-order chi connectivity index (χ1) is 16.0. The largest absolute Gasteiger partial charge is 0.352 e. The van der Waals surface area contributed by atoms with Crippen LogP contribution in [0.5, 0.6) is 0 Å². The van der Waals surface area contributed by atoms with E-state index in [2.05, 4.69) is 26.8 Å². The molecule has 0 aliphatic carbocycles. The number of halogens is 1. The number of hydrogen-bond donors (Lipinski definition) is 2. The Labute approximate surface area is 193 Å². The monoisotopic (exact) mass is 461 g/mol. The molecule has 2 aliphatic heterocycles. The average molecular weight is 462 g/mol. The molecule has 2 aliphatic rings. The molecule has 166 valence electrons. The van der Waals surface area contributed by atoms with Gasteiger partial charge in [-0.25, -0.2) is 14.3 Å². The second-order valence-corrected chi connectivity index (χ2v) is 8.80. The molecule has 2 saturated heterocycles. The smallest absolute Gasteiger partial charge is 0.322 e. The lowest BCUT2D eigenvalue weighted by Gasteiger charge is -2.23. The van der Waals surface area contributed by atoms with E-state index in [4.69, 9.17) is 16.6 Å². The van der Waals surface area contributed by atoms with E-state index in [0.717, 1.165) is 27.7 Å². The van der Waals surface area contributed by atoms with E-state index in [-0.39, 0.29) is 5.91 Å². The van der Waals surface area contributed by atoms with Gasteiger partial charge in [-0.3, -0.25) is 15.1 Å². The molecule has 2 N–H and O–H groups in total. The molecule has 1 unspecified atom stereocenters. The minimum absolute atomic E-state index is 0.303. The van der Waals surface area contributed by atoms with Crippen molar-refractivity contribution in [3.63, 3.8) is 0 Å². The predicted molar refractivity (Wildman–Crippen MR) is 124 cm³/mol. The number of anilines is 1. The summed E-state index contributed by atoms with van der Waals surface area (Å²) in [5.41, 5.74) is 3.23. The minimum Gasteiger partial charge on any atom is -0.352 e. The lowest BCUT2D eigenvalue weighted by atomic mass is 10.00. The van der Waals surface area contributed by atoms with E-state index < -0.39 is 11.6 Å². The molecule has 0 radical (unpaired) electrons. The molecule has 10 heteroatoms. The van der Waals surface area contributed by atoms with Crippen molar-refractivity contribution in [1.29, 1.82) is 0 Å². The Balaban J connectivity index is 1.47.